The van der Waals surface area contributed by atoms with Crippen LogP contribution in [0.1, 0.15) is 195 Å². The molecule has 0 atom stereocenters. The predicted octanol–water partition coefficient (Wildman–Crippen LogP) is 24.6. The molecule has 0 amide bonds. The molecule has 0 saturated heterocycles. The first-order valence-electron chi connectivity index (χ1n) is 39.2. The molecule has 0 saturated carbocycles. The van der Waals surface area contributed by atoms with Crippen molar-refractivity contribution in [2.45, 2.75) is 183 Å². The molecule has 4 heteroatoms. The summed E-state index contributed by atoms with van der Waals surface area (Å²) in [6, 6.07) is 62.6. The molecule has 0 spiro atoms. The second-order valence-corrected chi connectivity index (χ2v) is 35.2. The van der Waals surface area contributed by atoms with E-state index in [1.807, 2.05) is 0 Å². The fourth-order valence-corrected chi connectivity index (χ4v) is 14.5. The van der Waals surface area contributed by atoms with E-state index in [2.05, 4.69) is 331 Å². The van der Waals surface area contributed by atoms with Crippen molar-refractivity contribution < 1.29 is 11.0 Å². The molecule has 11 aromatic carbocycles. The van der Waals surface area contributed by atoms with Crippen molar-refractivity contribution in [3.63, 3.8) is 0 Å². The van der Waals surface area contributed by atoms with Crippen LogP contribution in [0.4, 0.5) is 34.1 Å². The van der Waals surface area contributed by atoms with Crippen molar-refractivity contribution in [1.29, 1.82) is 0 Å². The summed E-state index contributed by atoms with van der Waals surface area (Å²) < 4.78 is 77.8. The third kappa shape index (κ3) is 12.0. The van der Waals surface area contributed by atoms with E-state index in [0.29, 0.717) is 5.69 Å². The third-order valence-electron chi connectivity index (χ3n) is 20.6. The summed E-state index contributed by atoms with van der Waals surface area (Å²) in [7, 11) is 0. The number of fused-ring (bicyclic) bond motifs is 7. The van der Waals surface area contributed by atoms with Crippen LogP contribution in [0.2, 0.25) is 0 Å². The molecule has 14 rings (SSSR count). The second kappa shape index (κ2) is 23.3. The zero-order valence-electron chi connectivity index (χ0n) is 69.7. The van der Waals surface area contributed by atoms with Gasteiger partial charge in [0.25, 0.3) is 6.71 Å². The molecule has 0 N–H and O–H groups in total. The van der Waals surface area contributed by atoms with Crippen molar-refractivity contribution in [1.82, 2.24) is 4.57 Å². The van der Waals surface area contributed by atoms with Gasteiger partial charge in [-0.1, -0.05) is 309 Å². The maximum absolute atomic E-state index is 9.94. The number of hydrogen-bond acceptors (Lipinski definition) is 2. The van der Waals surface area contributed by atoms with Gasteiger partial charge in [0.15, 0.2) is 0 Å². The summed E-state index contributed by atoms with van der Waals surface area (Å²) in [5.41, 5.74) is 25.3. The van der Waals surface area contributed by atoms with Gasteiger partial charge in [0, 0.05) is 44.9 Å². The van der Waals surface area contributed by atoms with Gasteiger partial charge in [0.05, 0.1) is 27.7 Å². The van der Waals surface area contributed by atoms with Crippen molar-refractivity contribution >= 4 is 79.0 Å². The molecule has 98 heavy (non-hydrogen) atoms. The van der Waals surface area contributed by atoms with Crippen LogP contribution >= 0.6 is 0 Å². The van der Waals surface area contributed by atoms with Crippen molar-refractivity contribution in [3.8, 4) is 50.2 Å². The van der Waals surface area contributed by atoms with E-state index in [4.69, 9.17) is 2.74 Å². The van der Waals surface area contributed by atoms with E-state index in [0.717, 1.165) is 95.0 Å². The van der Waals surface area contributed by atoms with E-state index in [-0.39, 0.29) is 83.9 Å². The quantitative estimate of drug-likeness (QED) is 0.147. The number of aromatic nitrogens is 1. The lowest BCUT2D eigenvalue weighted by Crippen LogP contribution is -2.61. The monoisotopic (exact) mass is 1290 g/mol. The summed E-state index contributed by atoms with van der Waals surface area (Å²) in [4.78, 5) is 4.73. The molecule has 2 aliphatic rings. The Balaban J connectivity index is 1.16. The van der Waals surface area contributed by atoms with Gasteiger partial charge in [-0.15, -0.1) is 0 Å². The minimum Gasteiger partial charge on any atom is -0.311 e. The molecule has 3 nitrogen and oxygen atoms in total. The molecule has 12 aromatic rings. The van der Waals surface area contributed by atoms with Crippen LogP contribution in [0.25, 0.3) is 72.0 Å². The van der Waals surface area contributed by atoms with E-state index in [1.165, 1.54) is 38.9 Å². The molecule has 3 heterocycles. The maximum atomic E-state index is 9.94. The van der Waals surface area contributed by atoms with Crippen LogP contribution in [-0.2, 0) is 37.9 Å². The number of nitrogens with zero attached hydrogens (tertiary/aromatic N) is 3. The average molecular weight is 1290 g/mol. The summed E-state index contributed by atoms with van der Waals surface area (Å²) in [6.45, 7) is 47.3. The van der Waals surface area contributed by atoms with E-state index in [9.17, 15) is 8.22 Å². The number of hydrogen-bond donors (Lipinski definition) is 0. The van der Waals surface area contributed by atoms with Crippen LogP contribution in [-0.4, -0.2) is 11.3 Å². The Bertz CT molecular complexity index is 5460. The average Bonchev–Trinajstić information content (AvgIpc) is 1.32. The van der Waals surface area contributed by atoms with Crippen LogP contribution in [0.5, 0.6) is 0 Å². The molecule has 0 fully saturated rings. The lowest BCUT2D eigenvalue weighted by molar-refractivity contribution is 0.568. The number of para-hydroxylation sites is 2. The largest absolute Gasteiger partial charge is 0.311 e. The van der Waals surface area contributed by atoms with Gasteiger partial charge < -0.3 is 14.4 Å². The van der Waals surface area contributed by atoms with Crippen LogP contribution in [0.3, 0.4) is 0 Å². The lowest BCUT2D eigenvalue weighted by atomic mass is 9.33. The Labute approximate surface area is 598 Å². The second-order valence-electron chi connectivity index (χ2n) is 35.2. The minimum absolute atomic E-state index is 0.0166. The van der Waals surface area contributed by atoms with Gasteiger partial charge >= 0.3 is 0 Å². The number of benzene rings is 11. The zero-order chi connectivity index (χ0) is 76.7. The van der Waals surface area contributed by atoms with Crippen LogP contribution in [0.15, 0.2) is 224 Å². The molecule has 0 bridgehead atoms. The first kappa shape index (κ1) is 56.9. The minimum atomic E-state index is -0.493. The molecule has 1 aromatic heterocycles. The Morgan fingerprint density at radius 3 is 1.02 bits per heavy atom. The Morgan fingerprint density at radius 1 is 0.265 bits per heavy atom. The molecule has 2 aliphatic heterocycles. The van der Waals surface area contributed by atoms with E-state index in [1.54, 1.807) is 4.57 Å². The van der Waals surface area contributed by atoms with Crippen molar-refractivity contribution in [2.75, 3.05) is 9.80 Å². The van der Waals surface area contributed by atoms with Gasteiger partial charge in [-0.3, -0.25) is 0 Å². The standard InChI is InChI=1S/C94H100BN3/c1-88(2,3)67-30-26-28-60(44-67)62-38-42-84-79(52-62)95-80-53-63(66-49-72(93(16,17)18)56-73(50-66)94(19,20)21)39-43-83(80)96(74-40-36-59(37-41-74)64-45-68(89(4,5)6)54-69(46-64)90(7,8)9)85-57-76(98-81-34-24-22-32-77(81)78-33-23-25-35-82(78)98)58-86(87(85)95)97(84)75-31-27-29-61(51-75)65-47-70(91(10,11)12)55-71(48-65)92(13,14)15/h22-58H,1-21H3/i22D,23D,24D,25D,32D,33D,34D,35D. The normalized spacial score (nSPS) is 14.8. The SMILES string of the molecule is [2H]c1c([2H])c([2H])c2c(c1[2H])c1c([2H])c([2H])c([2H])c([2H])c1n2-c1cc2c3c(c1)N(c1cccc(-c4cc(C(C)(C)C)cc(C(C)(C)C)c4)c1)c1ccc(-c4cccc(C(C)(C)C)c4)cc1B3c1cc(-c3cc(C(C)(C)C)cc(C(C)(C)C)c3)ccc1N2c1ccc(-c2cc(C(C)(C)C)cc(C(C)(C)C)c2)cc1. The highest BCUT2D eigenvalue weighted by atomic mass is 15.2. The van der Waals surface area contributed by atoms with Crippen molar-refractivity contribution in [3.05, 3.63) is 263 Å². The van der Waals surface area contributed by atoms with Gasteiger partial charge in [-0.25, -0.2) is 0 Å². The van der Waals surface area contributed by atoms with Gasteiger partial charge in [0.1, 0.15) is 0 Å². The first-order valence-corrected chi connectivity index (χ1v) is 35.2. The molecule has 0 unspecified atom stereocenters. The predicted molar refractivity (Wildman–Crippen MR) is 427 cm³/mol. The topological polar surface area (TPSA) is 11.4 Å². The highest BCUT2D eigenvalue weighted by Gasteiger charge is 2.45. The Morgan fingerprint density at radius 2 is 0.602 bits per heavy atom. The third-order valence-corrected chi connectivity index (χ3v) is 20.6. The smallest absolute Gasteiger partial charge is 0.252 e. The lowest BCUT2D eigenvalue weighted by Gasteiger charge is -2.45. The first-order chi connectivity index (χ1) is 49.3. The number of rotatable bonds is 7. The fourth-order valence-electron chi connectivity index (χ4n) is 14.5. The van der Waals surface area contributed by atoms with E-state index < -0.39 is 30.9 Å². The summed E-state index contributed by atoms with van der Waals surface area (Å²) in [5, 5.41) is 0.0332. The fraction of sp³-hybridized carbons (Fsp3) is 0.298. The summed E-state index contributed by atoms with van der Waals surface area (Å²) >= 11 is 0. The van der Waals surface area contributed by atoms with E-state index >= 15 is 0 Å². The van der Waals surface area contributed by atoms with Crippen LogP contribution < -0.4 is 26.2 Å². The van der Waals surface area contributed by atoms with Gasteiger partial charge in [0.2, 0.25) is 0 Å². The van der Waals surface area contributed by atoms with Crippen LogP contribution in [0, 0.1) is 0 Å². The molecule has 494 valence electrons. The zero-order valence-corrected chi connectivity index (χ0v) is 61.7. The molecular weight excluding hydrogens is 1180 g/mol. The summed E-state index contributed by atoms with van der Waals surface area (Å²) in [6.07, 6.45) is 0. The molecule has 0 aliphatic carbocycles. The summed E-state index contributed by atoms with van der Waals surface area (Å²) in [5.74, 6) is 0. The maximum Gasteiger partial charge on any atom is 0.252 e. The number of anilines is 6. The Hall–Kier alpha value is -9.12. The van der Waals surface area contributed by atoms with Gasteiger partial charge in [-0.2, -0.15) is 0 Å². The Kier molecular flexibility index (Phi) is 13.5. The molecule has 0 radical (unpaired) electrons. The van der Waals surface area contributed by atoms with Gasteiger partial charge in [-0.05, 0) is 198 Å². The highest BCUT2D eigenvalue weighted by Crippen LogP contribution is 2.49. The molecular formula is C94H100BN3. The van der Waals surface area contributed by atoms with Crippen molar-refractivity contribution in [2.24, 2.45) is 0 Å². The highest BCUT2D eigenvalue weighted by molar-refractivity contribution is 7.00.